The number of nitrogens with two attached hydrogens (primary N) is 1. The molecule has 0 aliphatic heterocycles. The minimum Gasteiger partial charge on any atom is -0.366 e. The summed E-state index contributed by atoms with van der Waals surface area (Å²) >= 11 is 0. The highest BCUT2D eigenvalue weighted by molar-refractivity contribution is 5.99. The molecule has 3 N–H and O–H groups in total. The summed E-state index contributed by atoms with van der Waals surface area (Å²) in [6.45, 7) is 3.97. The molecule has 0 spiro atoms. The van der Waals surface area contributed by atoms with Crippen molar-refractivity contribution in [3.05, 3.63) is 71.4 Å². The monoisotopic (exact) mass is 306 g/mol. The first-order valence-electron chi connectivity index (χ1n) is 7.35. The number of nitrogens with one attached hydrogen (secondary N) is 1. The van der Waals surface area contributed by atoms with Gasteiger partial charge in [-0.15, -0.1) is 0 Å². The highest BCUT2D eigenvalue weighted by Crippen LogP contribution is 2.25. The summed E-state index contributed by atoms with van der Waals surface area (Å²) in [5.74, 6) is 0.317. The third-order valence-corrected chi connectivity index (χ3v) is 3.63. The molecule has 2 aromatic carbocycles. The summed E-state index contributed by atoms with van der Waals surface area (Å²) in [5.41, 5.74) is 9.53. The van der Waals surface area contributed by atoms with E-state index in [1.807, 2.05) is 61.0 Å². The first-order valence-corrected chi connectivity index (χ1v) is 7.35. The summed E-state index contributed by atoms with van der Waals surface area (Å²) in [5, 5.41) is 7.82. The van der Waals surface area contributed by atoms with Gasteiger partial charge in [0, 0.05) is 6.07 Å². The van der Waals surface area contributed by atoms with E-state index in [0.717, 1.165) is 22.8 Å². The molecular weight excluding hydrogens is 288 g/mol. The Balaban J connectivity index is 2.06. The van der Waals surface area contributed by atoms with E-state index in [2.05, 4.69) is 10.4 Å². The average Bonchev–Trinajstić information content (AvgIpc) is 2.88. The van der Waals surface area contributed by atoms with Crippen LogP contribution in [0, 0.1) is 13.8 Å². The molecule has 23 heavy (non-hydrogen) atoms. The van der Waals surface area contributed by atoms with E-state index in [1.54, 1.807) is 12.1 Å². The summed E-state index contributed by atoms with van der Waals surface area (Å²) in [6, 6.07) is 17.1. The zero-order valence-corrected chi connectivity index (χ0v) is 13.1. The van der Waals surface area contributed by atoms with Crippen molar-refractivity contribution in [1.82, 2.24) is 9.78 Å². The molecule has 116 valence electrons. The number of para-hydroxylation sites is 2. The lowest BCUT2D eigenvalue weighted by molar-refractivity contribution is 0.100. The molecule has 1 aromatic heterocycles. The van der Waals surface area contributed by atoms with Crippen LogP contribution < -0.4 is 11.1 Å². The Morgan fingerprint density at radius 3 is 2.52 bits per heavy atom. The molecule has 1 heterocycles. The molecule has 0 saturated heterocycles. The fourth-order valence-corrected chi connectivity index (χ4v) is 2.52. The van der Waals surface area contributed by atoms with Crippen LogP contribution in [0.2, 0.25) is 0 Å². The number of aromatic nitrogens is 2. The van der Waals surface area contributed by atoms with Gasteiger partial charge in [-0.3, -0.25) is 4.79 Å². The number of anilines is 2. The summed E-state index contributed by atoms with van der Waals surface area (Å²) < 4.78 is 1.84. The van der Waals surface area contributed by atoms with Gasteiger partial charge in [0.25, 0.3) is 5.91 Å². The molecular formula is C18H18N4O. The van der Waals surface area contributed by atoms with Crippen molar-refractivity contribution in [2.24, 2.45) is 5.73 Å². The van der Waals surface area contributed by atoms with Crippen LogP contribution >= 0.6 is 0 Å². The number of benzene rings is 2. The third kappa shape index (κ3) is 2.94. The molecule has 0 radical (unpaired) electrons. The lowest BCUT2D eigenvalue weighted by atomic mass is 10.1. The first kappa shape index (κ1) is 14.8. The van der Waals surface area contributed by atoms with Gasteiger partial charge in [-0.1, -0.05) is 30.3 Å². The Kier molecular flexibility index (Phi) is 3.85. The van der Waals surface area contributed by atoms with E-state index in [-0.39, 0.29) is 0 Å². The maximum Gasteiger partial charge on any atom is 0.250 e. The Bertz CT molecular complexity index is 867. The molecule has 0 bridgehead atoms. The summed E-state index contributed by atoms with van der Waals surface area (Å²) in [4.78, 5) is 11.6. The van der Waals surface area contributed by atoms with Crippen LogP contribution in [0.15, 0.2) is 54.6 Å². The van der Waals surface area contributed by atoms with Crippen molar-refractivity contribution in [3.63, 3.8) is 0 Å². The molecule has 0 saturated carbocycles. The number of primary amides is 1. The highest BCUT2D eigenvalue weighted by Gasteiger charge is 2.13. The smallest absolute Gasteiger partial charge is 0.250 e. The predicted octanol–water partition coefficient (Wildman–Crippen LogP) is 3.33. The second-order valence-corrected chi connectivity index (χ2v) is 5.40. The normalized spacial score (nSPS) is 10.5. The molecule has 0 unspecified atom stereocenters. The van der Waals surface area contributed by atoms with Gasteiger partial charge < -0.3 is 11.1 Å². The quantitative estimate of drug-likeness (QED) is 0.776. The predicted molar refractivity (Wildman–Crippen MR) is 91.3 cm³/mol. The van der Waals surface area contributed by atoms with Gasteiger partial charge >= 0.3 is 0 Å². The van der Waals surface area contributed by atoms with Gasteiger partial charge in [-0.05, 0) is 37.6 Å². The SMILES string of the molecule is Cc1cc(Nc2ccccc2C(N)=O)n(-c2ccccc2C)n1. The number of carbonyl (C=O) groups excluding carboxylic acids is 1. The topological polar surface area (TPSA) is 72.9 Å². The molecule has 1 amide bonds. The Labute approximate surface area is 134 Å². The van der Waals surface area contributed by atoms with Crippen LogP contribution in [0.3, 0.4) is 0 Å². The molecule has 3 aromatic rings. The second-order valence-electron chi connectivity index (χ2n) is 5.40. The van der Waals surface area contributed by atoms with Gasteiger partial charge in [0.15, 0.2) is 0 Å². The lowest BCUT2D eigenvalue weighted by Gasteiger charge is -2.13. The molecule has 5 heteroatoms. The van der Waals surface area contributed by atoms with E-state index in [9.17, 15) is 4.79 Å². The van der Waals surface area contributed by atoms with E-state index in [0.29, 0.717) is 11.3 Å². The third-order valence-electron chi connectivity index (χ3n) is 3.63. The van der Waals surface area contributed by atoms with Crippen LogP contribution in [0.25, 0.3) is 5.69 Å². The maximum atomic E-state index is 11.6. The molecule has 0 fully saturated rings. The van der Waals surface area contributed by atoms with Crippen molar-refractivity contribution >= 4 is 17.4 Å². The highest BCUT2D eigenvalue weighted by atomic mass is 16.1. The largest absolute Gasteiger partial charge is 0.366 e. The van der Waals surface area contributed by atoms with Crippen molar-refractivity contribution in [1.29, 1.82) is 0 Å². The van der Waals surface area contributed by atoms with E-state index in [1.165, 1.54) is 0 Å². The first-order chi connectivity index (χ1) is 11.1. The lowest BCUT2D eigenvalue weighted by Crippen LogP contribution is -2.14. The number of rotatable bonds is 4. The summed E-state index contributed by atoms with van der Waals surface area (Å²) in [6.07, 6.45) is 0. The van der Waals surface area contributed by atoms with E-state index >= 15 is 0 Å². The van der Waals surface area contributed by atoms with Gasteiger partial charge in [-0.25, -0.2) is 4.68 Å². The van der Waals surface area contributed by atoms with Gasteiger partial charge in [0.05, 0.1) is 22.6 Å². The van der Waals surface area contributed by atoms with Gasteiger partial charge in [0.1, 0.15) is 5.82 Å². The molecule has 5 nitrogen and oxygen atoms in total. The Morgan fingerprint density at radius 1 is 1.09 bits per heavy atom. The van der Waals surface area contributed by atoms with Crippen molar-refractivity contribution < 1.29 is 4.79 Å². The maximum absolute atomic E-state index is 11.6. The second kappa shape index (κ2) is 5.96. The fourth-order valence-electron chi connectivity index (χ4n) is 2.52. The minimum atomic E-state index is -0.466. The van der Waals surface area contributed by atoms with Gasteiger partial charge in [0.2, 0.25) is 0 Å². The zero-order valence-electron chi connectivity index (χ0n) is 13.1. The number of hydrogen-bond donors (Lipinski definition) is 2. The number of amides is 1. The number of hydrogen-bond acceptors (Lipinski definition) is 3. The standard InChI is InChI=1S/C18H18N4O/c1-12-7-3-6-10-16(12)22-17(11-13(2)21-22)20-15-9-5-4-8-14(15)18(19)23/h3-11,20H,1-2H3,(H2,19,23). The zero-order chi connectivity index (χ0) is 16.4. The molecule has 0 aliphatic carbocycles. The van der Waals surface area contributed by atoms with E-state index < -0.39 is 5.91 Å². The van der Waals surface area contributed by atoms with Gasteiger partial charge in [-0.2, -0.15) is 5.10 Å². The summed E-state index contributed by atoms with van der Waals surface area (Å²) in [7, 11) is 0. The van der Waals surface area contributed by atoms with Crippen molar-refractivity contribution in [3.8, 4) is 5.69 Å². The van der Waals surface area contributed by atoms with Crippen molar-refractivity contribution in [2.75, 3.05) is 5.32 Å². The number of carbonyl (C=O) groups is 1. The number of nitrogens with zero attached hydrogens (tertiary/aromatic N) is 2. The van der Waals surface area contributed by atoms with Crippen LogP contribution in [0.1, 0.15) is 21.6 Å². The van der Waals surface area contributed by atoms with E-state index in [4.69, 9.17) is 5.73 Å². The molecule has 3 rings (SSSR count). The van der Waals surface area contributed by atoms with Crippen LogP contribution in [-0.2, 0) is 0 Å². The number of aryl methyl sites for hydroxylation is 2. The Morgan fingerprint density at radius 2 is 1.78 bits per heavy atom. The van der Waals surface area contributed by atoms with Crippen LogP contribution in [0.5, 0.6) is 0 Å². The Hall–Kier alpha value is -3.08. The van der Waals surface area contributed by atoms with Crippen LogP contribution in [-0.4, -0.2) is 15.7 Å². The fraction of sp³-hybridized carbons (Fsp3) is 0.111. The molecule has 0 atom stereocenters. The van der Waals surface area contributed by atoms with Crippen LogP contribution in [0.4, 0.5) is 11.5 Å². The van der Waals surface area contributed by atoms with Crippen molar-refractivity contribution in [2.45, 2.75) is 13.8 Å². The molecule has 0 aliphatic rings. The average molecular weight is 306 g/mol. The minimum absolute atomic E-state index is 0.447.